The zero-order chi connectivity index (χ0) is 25.9. The largest absolute Gasteiger partial charge is 0.497 e. The summed E-state index contributed by atoms with van der Waals surface area (Å²) in [6, 6.07) is 26.3. The predicted molar refractivity (Wildman–Crippen MR) is 149 cm³/mol. The Balaban J connectivity index is 1.26. The Labute approximate surface area is 221 Å². The average molecular weight is 501 g/mol. The Hall–Kier alpha value is -3.15. The van der Waals surface area contributed by atoms with Crippen molar-refractivity contribution in [3.63, 3.8) is 0 Å². The highest BCUT2D eigenvalue weighted by Crippen LogP contribution is 2.28. The van der Waals surface area contributed by atoms with E-state index in [-0.39, 0.29) is 11.9 Å². The van der Waals surface area contributed by atoms with Crippen LogP contribution in [0.25, 0.3) is 0 Å². The quantitative estimate of drug-likeness (QED) is 0.279. The number of Topliss-reactive ketones (excluding diaryl/α,β-unsaturated/α-hetero) is 1. The highest BCUT2D eigenvalue weighted by atomic mass is 16.5. The van der Waals surface area contributed by atoms with Crippen LogP contribution >= 0.6 is 0 Å². The molecular weight excluding hydrogens is 460 g/mol. The highest BCUT2D eigenvalue weighted by molar-refractivity contribution is 5.96. The number of nitrogens with one attached hydrogen (secondary N) is 1. The molecule has 3 aromatic carbocycles. The van der Waals surface area contributed by atoms with Crippen molar-refractivity contribution < 1.29 is 14.3 Å². The number of ether oxygens (including phenoxy) is 2. The fraction of sp³-hybridized carbons (Fsp3) is 0.406. The van der Waals surface area contributed by atoms with Gasteiger partial charge in [0.1, 0.15) is 17.6 Å². The number of carbonyl (C=O) groups is 1. The molecule has 0 bridgehead atoms. The van der Waals surface area contributed by atoms with Gasteiger partial charge in [-0.25, -0.2) is 0 Å². The minimum Gasteiger partial charge on any atom is -0.497 e. The molecule has 1 N–H and O–H groups in total. The third-order valence-corrected chi connectivity index (χ3v) is 7.33. The van der Waals surface area contributed by atoms with E-state index in [2.05, 4.69) is 40.5 Å². The molecule has 1 aliphatic heterocycles. The Morgan fingerprint density at radius 1 is 0.946 bits per heavy atom. The highest BCUT2D eigenvalue weighted by Gasteiger charge is 2.21. The van der Waals surface area contributed by atoms with E-state index < -0.39 is 0 Å². The number of hydrogen-bond donors (Lipinski definition) is 1. The van der Waals surface area contributed by atoms with Gasteiger partial charge in [0.15, 0.2) is 5.78 Å². The van der Waals surface area contributed by atoms with Crippen molar-refractivity contribution in [3.8, 4) is 11.5 Å². The van der Waals surface area contributed by atoms with Crippen LogP contribution in [0, 0.1) is 5.92 Å². The van der Waals surface area contributed by atoms with Crippen LogP contribution in [0.1, 0.15) is 59.7 Å². The molecule has 1 atom stereocenters. The van der Waals surface area contributed by atoms with Crippen molar-refractivity contribution in [1.29, 1.82) is 0 Å². The first-order chi connectivity index (χ1) is 18.1. The smallest absolute Gasteiger partial charge is 0.162 e. The lowest BCUT2D eigenvalue weighted by atomic mass is 9.90. The van der Waals surface area contributed by atoms with E-state index in [9.17, 15) is 4.79 Å². The van der Waals surface area contributed by atoms with Crippen LogP contribution in [0.2, 0.25) is 0 Å². The third kappa shape index (κ3) is 8.17. The second-order valence-corrected chi connectivity index (χ2v) is 9.96. The molecule has 0 aliphatic carbocycles. The molecule has 5 nitrogen and oxygen atoms in total. The summed E-state index contributed by atoms with van der Waals surface area (Å²) in [7, 11) is 3.60. The maximum absolute atomic E-state index is 12.9. The molecule has 1 heterocycles. The standard InChI is InChI=1S/C32H40N2O3/c1-33-21-18-32(37-30-15-13-29(36-2)14-16-30)28-11-9-27(10-12-28)31(35)17-8-25-19-22-34(23-20-25)24-26-6-4-3-5-7-26/h3-7,9-16,25,32-33H,8,17-24H2,1-2H3. The fourth-order valence-electron chi connectivity index (χ4n) is 5.03. The van der Waals surface area contributed by atoms with Gasteiger partial charge >= 0.3 is 0 Å². The van der Waals surface area contributed by atoms with Gasteiger partial charge in [0.2, 0.25) is 0 Å². The van der Waals surface area contributed by atoms with Crippen LogP contribution < -0.4 is 14.8 Å². The van der Waals surface area contributed by atoms with Crippen LogP contribution in [0.3, 0.4) is 0 Å². The van der Waals surface area contributed by atoms with Crippen molar-refractivity contribution in [1.82, 2.24) is 10.2 Å². The van der Waals surface area contributed by atoms with Gasteiger partial charge in [-0.2, -0.15) is 0 Å². The minimum atomic E-state index is -0.0916. The summed E-state index contributed by atoms with van der Waals surface area (Å²) in [5.41, 5.74) is 3.25. The van der Waals surface area contributed by atoms with Gasteiger partial charge in [-0.05, 0) is 87.3 Å². The Morgan fingerprint density at radius 3 is 2.27 bits per heavy atom. The first-order valence-electron chi connectivity index (χ1n) is 13.5. The summed E-state index contributed by atoms with van der Waals surface area (Å²) in [6.07, 6.45) is 4.69. The van der Waals surface area contributed by atoms with E-state index in [1.807, 2.05) is 55.6 Å². The lowest BCUT2D eigenvalue weighted by Gasteiger charge is -2.32. The van der Waals surface area contributed by atoms with E-state index in [4.69, 9.17) is 9.47 Å². The number of likely N-dealkylation sites (tertiary alicyclic amines) is 1. The van der Waals surface area contributed by atoms with E-state index in [0.717, 1.165) is 61.6 Å². The summed E-state index contributed by atoms with van der Waals surface area (Å²) >= 11 is 0. The van der Waals surface area contributed by atoms with Gasteiger partial charge in [0.05, 0.1) is 7.11 Å². The summed E-state index contributed by atoms with van der Waals surface area (Å²) in [6.45, 7) is 4.09. The van der Waals surface area contributed by atoms with Gasteiger partial charge in [-0.3, -0.25) is 9.69 Å². The molecule has 1 aliphatic rings. The maximum Gasteiger partial charge on any atom is 0.162 e. The monoisotopic (exact) mass is 500 g/mol. The van der Waals surface area contributed by atoms with Crippen molar-refractivity contribution in [2.45, 2.75) is 44.8 Å². The van der Waals surface area contributed by atoms with Crippen molar-refractivity contribution in [2.75, 3.05) is 33.8 Å². The summed E-state index contributed by atoms with van der Waals surface area (Å²) in [4.78, 5) is 15.5. The molecule has 1 unspecified atom stereocenters. The molecule has 0 radical (unpaired) electrons. The third-order valence-electron chi connectivity index (χ3n) is 7.33. The molecule has 0 amide bonds. The number of methoxy groups -OCH3 is 1. The van der Waals surface area contributed by atoms with Crippen LogP contribution in [0.4, 0.5) is 0 Å². The van der Waals surface area contributed by atoms with Crippen LogP contribution in [-0.4, -0.2) is 44.5 Å². The SMILES string of the molecule is CNCCC(Oc1ccc(OC)cc1)c1ccc(C(=O)CCC2CCN(Cc3ccccc3)CC2)cc1. The number of ketones is 1. The lowest BCUT2D eigenvalue weighted by Crippen LogP contribution is -2.33. The fourth-order valence-corrected chi connectivity index (χ4v) is 5.03. The lowest BCUT2D eigenvalue weighted by molar-refractivity contribution is 0.0961. The molecule has 4 rings (SSSR count). The van der Waals surface area contributed by atoms with E-state index in [1.54, 1.807) is 7.11 Å². The Kier molecular flexibility index (Phi) is 10.2. The normalized spacial score (nSPS) is 15.3. The first kappa shape index (κ1) is 26.9. The van der Waals surface area contributed by atoms with Gasteiger partial charge in [-0.1, -0.05) is 54.6 Å². The molecular formula is C32H40N2O3. The number of carbonyl (C=O) groups excluding carboxylic acids is 1. The summed E-state index contributed by atoms with van der Waals surface area (Å²) in [5.74, 6) is 2.48. The topological polar surface area (TPSA) is 50.8 Å². The van der Waals surface area contributed by atoms with Crippen LogP contribution in [0.5, 0.6) is 11.5 Å². The molecule has 0 spiro atoms. The number of nitrogens with zero attached hydrogens (tertiary/aromatic N) is 1. The zero-order valence-corrected chi connectivity index (χ0v) is 22.2. The number of benzene rings is 3. The molecule has 196 valence electrons. The van der Waals surface area contributed by atoms with Crippen LogP contribution in [-0.2, 0) is 6.54 Å². The van der Waals surface area contributed by atoms with Gasteiger partial charge in [-0.15, -0.1) is 0 Å². The second kappa shape index (κ2) is 14.0. The van der Waals surface area contributed by atoms with Gasteiger partial charge < -0.3 is 14.8 Å². The van der Waals surface area contributed by atoms with Gasteiger partial charge in [0, 0.05) is 24.9 Å². The number of piperidine rings is 1. The number of hydrogen-bond acceptors (Lipinski definition) is 5. The summed E-state index contributed by atoms with van der Waals surface area (Å²) in [5, 5.41) is 3.21. The first-order valence-corrected chi connectivity index (χ1v) is 13.5. The zero-order valence-electron chi connectivity index (χ0n) is 22.2. The van der Waals surface area contributed by atoms with E-state index in [0.29, 0.717) is 12.3 Å². The molecule has 37 heavy (non-hydrogen) atoms. The average Bonchev–Trinajstić information content (AvgIpc) is 2.95. The van der Waals surface area contributed by atoms with Crippen molar-refractivity contribution in [2.24, 2.45) is 5.92 Å². The molecule has 5 heteroatoms. The summed E-state index contributed by atoms with van der Waals surface area (Å²) < 4.78 is 11.5. The predicted octanol–water partition coefficient (Wildman–Crippen LogP) is 6.30. The van der Waals surface area contributed by atoms with Crippen LogP contribution in [0.15, 0.2) is 78.9 Å². The minimum absolute atomic E-state index is 0.0916. The molecule has 0 saturated carbocycles. The maximum atomic E-state index is 12.9. The molecule has 0 aromatic heterocycles. The molecule has 1 saturated heterocycles. The Bertz CT molecular complexity index is 1080. The molecule has 3 aromatic rings. The number of rotatable bonds is 13. The van der Waals surface area contributed by atoms with Crippen molar-refractivity contribution >= 4 is 5.78 Å². The molecule has 1 fully saturated rings. The van der Waals surface area contributed by atoms with Gasteiger partial charge in [0.25, 0.3) is 0 Å². The van der Waals surface area contributed by atoms with Crippen molar-refractivity contribution in [3.05, 3.63) is 95.6 Å². The Morgan fingerprint density at radius 2 is 1.62 bits per heavy atom. The van der Waals surface area contributed by atoms with E-state index >= 15 is 0 Å². The second-order valence-electron chi connectivity index (χ2n) is 9.96. The van der Waals surface area contributed by atoms with E-state index in [1.165, 1.54) is 18.4 Å².